The molecule has 0 radical (unpaired) electrons. The van der Waals surface area contributed by atoms with Crippen LogP contribution in [0.1, 0.15) is 36.0 Å². The van der Waals surface area contributed by atoms with E-state index in [0.29, 0.717) is 12.1 Å². The summed E-state index contributed by atoms with van der Waals surface area (Å²) in [5.74, 6) is 0.0486. The van der Waals surface area contributed by atoms with Gasteiger partial charge in [-0.25, -0.2) is 0 Å². The van der Waals surface area contributed by atoms with Crippen molar-refractivity contribution in [3.63, 3.8) is 0 Å². The first-order valence-electron chi connectivity index (χ1n) is 4.95. The molecule has 1 amide bonds. The highest BCUT2D eigenvalue weighted by molar-refractivity contribution is 5.72. The SMILES string of the molecule is CC(=O)NCCN(C(C)C)C(C)C.[HH]. The number of amides is 1. The summed E-state index contributed by atoms with van der Waals surface area (Å²) in [7, 11) is 0. The van der Waals surface area contributed by atoms with Gasteiger partial charge in [0.05, 0.1) is 0 Å². The van der Waals surface area contributed by atoms with Gasteiger partial charge in [-0.15, -0.1) is 0 Å². The second kappa shape index (κ2) is 5.97. The van der Waals surface area contributed by atoms with Crippen LogP contribution in [-0.4, -0.2) is 36.0 Å². The zero-order valence-corrected chi connectivity index (χ0v) is 9.42. The molecule has 0 aliphatic heterocycles. The van der Waals surface area contributed by atoms with E-state index in [2.05, 4.69) is 37.9 Å². The van der Waals surface area contributed by atoms with Gasteiger partial charge in [0.25, 0.3) is 0 Å². The van der Waals surface area contributed by atoms with Gasteiger partial charge in [0.2, 0.25) is 5.91 Å². The maximum Gasteiger partial charge on any atom is 0.216 e. The van der Waals surface area contributed by atoms with Crippen LogP contribution in [-0.2, 0) is 4.79 Å². The van der Waals surface area contributed by atoms with Crippen molar-refractivity contribution >= 4 is 5.91 Å². The summed E-state index contributed by atoms with van der Waals surface area (Å²) in [5, 5.41) is 2.81. The Hall–Kier alpha value is -0.570. The summed E-state index contributed by atoms with van der Waals surface area (Å²) in [5.41, 5.74) is 0. The van der Waals surface area contributed by atoms with Gasteiger partial charge < -0.3 is 5.32 Å². The first-order chi connectivity index (χ1) is 5.95. The molecule has 0 fully saturated rings. The Bertz CT molecular complexity index is 152. The summed E-state index contributed by atoms with van der Waals surface area (Å²) in [4.78, 5) is 13.0. The van der Waals surface area contributed by atoms with E-state index in [-0.39, 0.29) is 7.33 Å². The lowest BCUT2D eigenvalue weighted by molar-refractivity contribution is -0.119. The number of nitrogens with one attached hydrogen (secondary N) is 1. The van der Waals surface area contributed by atoms with Crippen LogP contribution in [0.2, 0.25) is 0 Å². The van der Waals surface area contributed by atoms with Crippen LogP contribution in [0.5, 0.6) is 0 Å². The Kier molecular flexibility index (Phi) is 5.71. The predicted molar refractivity (Wildman–Crippen MR) is 57.8 cm³/mol. The van der Waals surface area contributed by atoms with Crippen LogP contribution < -0.4 is 5.32 Å². The van der Waals surface area contributed by atoms with Crippen molar-refractivity contribution in [2.24, 2.45) is 0 Å². The number of rotatable bonds is 5. The Morgan fingerprint density at radius 2 is 1.77 bits per heavy atom. The first-order valence-corrected chi connectivity index (χ1v) is 4.95. The van der Waals surface area contributed by atoms with E-state index in [9.17, 15) is 4.79 Å². The summed E-state index contributed by atoms with van der Waals surface area (Å²) in [6.45, 7) is 11.9. The molecule has 0 aliphatic rings. The fraction of sp³-hybridized carbons (Fsp3) is 0.900. The van der Waals surface area contributed by atoms with Crippen molar-refractivity contribution in [3.8, 4) is 0 Å². The molecule has 0 aliphatic carbocycles. The van der Waals surface area contributed by atoms with Gasteiger partial charge in [-0.1, -0.05) is 0 Å². The summed E-state index contributed by atoms with van der Waals surface area (Å²) >= 11 is 0. The minimum absolute atomic E-state index is 0. The van der Waals surface area contributed by atoms with E-state index in [4.69, 9.17) is 0 Å². The molecule has 0 heterocycles. The lowest BCUT2D eigenvalue weighted by Crippen LogP contribution is -2.42. The highest BCUT2D eigenvalue weighted by Gasteiger charge is 2.12. The number of carbonyl (C=O) groups excluding carboxylic acids is 1. The van der Waals surface area contributed by atoms with Gasteiger partial charge in [-0.2, -0.15) is 0 Å². The number of hydrogen-bond donors (Lipinski definition) is 1. The van der Waals surface area contributed by atoms with Gasteiger partial charge in [0.1, 0.15) is 0 Å². The largest absolute Gasteiger partial charge is 0.355 e. The molecule has 3 nitrogen and oxygen atoms in total. The van der Waals surface area contributed by atoms with Crippen LogP contribution >= 0.6 is 0 Å². The Labute approximate surface area is 83.0 Å². The highest BCUT2D eigenvalue weighted by atomic mass is 16.1. The molecular formula is C10H24N2O. The van der Waals surface area contributed by atoms with Crippen molar-refractivity contribution < 1.29 is 6.22 Å². The molecule has 0 spiro atoms. The van der Waals surface area contributed by atoms with E-state index in [1.54, 1.807) is 6.92 Å². The fourth-order valence-electron chi connectivity index (χ4n) is 1.47. The third kappa shape index (κ3) is 5.64. The topological polar surface area (TPSA) is 32.3 Å². The molecule has 80 valence electrons. The number of carbonyl (C=O) groups is 1. The van der Waals surface area contributed by atoms with E-state index >= 15 is 0 Å². The maximum atomic E-state index is 10.6. The average Bonchev–Trinajstić information content (AvgIpc) is 1.95. The second-order valence-corrected chi connectivity index (χ2v) is 3.91. The lowest BCUT2D eigenvalue weighted by atomic mass is 10.2. The van der Waals surface area contributed by atoms with Gasteiger partial charge in [-0.3, -0.25) is 9.69 Å². The first kappa shape index (κ1) is 12.4. The quantitative estimate of drug-likeness (QED) is 0.709. The number of hydrogen-bond acceptors (Lipinski definition) is 2. The van der Waals surface area contributed by atoms with Crippen molar-refractivity contribution in [3.05, 3.63) is 0 Å². The van der Waals surface area contributed by atoms with E-state index in [0.717, 1.165) is 13.1 Å². The molecule has 0 bridgehead atoms. The molecule has 0 rings (SSSR count). The lowest BCUT2D eigenvalue weighted by Gasteiger charge is -2.30. The van der Waals surface area contributed by atoms with Crippen molar-refractivity contribution in [1.82, 2.24) is 10.2 Å². The van der Waals surface area contributed by atoms with Crippen LogP contribution in [0.15, 0.2) is 0 Å². The van der Waals surface area contributed by atoms with Crippen LogP contribution in [0.25, 0.3) is 0 Å². The second-order valence-electron chi connectivity index (χ2n) is 3.91. The average molecular weight is 188 g/mol. The third-order valence-electron chi connectivity index (χ3n) is 2.07. The Morgan fingerprint density at radius 1 is 1.31 bits per heavy atom. The fourth-order valence-corrected chi connectivity index (χ4v) is 1.47. The molecule has 0 saturated heterocycles. The van der Waals surface area contributed by atoms with Crippen LogP contribution in [0.3, 0.4) is 0 Å². The van der Waals surface area contributed by atoms with Gasteiger partial charge in [-0.05, 0) is 27.7 Å². The third-order valence-corrected chi connectivity index (χ3v) is 2.07. The zero-order valence-electron chi connectivity index (χ0n) is 9.42. The highest BCUT2D eigenvalue weighted by Crippen LogP contribution is 2.02. The molecule has 0 aromatic rings. The molecule has 0 saturated carbocycles. The molecule has 3 heteroatoms. The Balaban J connectivity index is 0. The molecule has 13 heavy (non-hydrogen) atoms. The number of nitrogens with zero attached hydrogens (tertiary/aromatic N) is 1. The van der Waals surface area contributed by atoms with Crippen LogP contribution in [0, 0.1) is 0 Å². The smallest absolute Gasteiger partial charge is 0.216 e. The Morgan fingerprint density at radius 3 is 2.08 bits per heavy atom. The van der Waals surface area contributed by atoms with Gasteiger partial charge in [0, 0.05) is 33.5 Å². The summed E-state index contributed by atoms with van der Waals surface area (Å²) in [6, 6.07) is 1.07. The molecular weight excluding hydrogens is 164 g/mol. The molecule has 0 atom stereocenters. The monoisotopic (exact) mass is 188 g/mol. The van der Waals surface area contributed by atoms with E-state index < -0.39 is 0 Å². The van der Waals surface area contributed by atoms with E-state index in [1.807, 2.05) is 0 Å². The minimum Gasteiger partial charge on any atom is -0.355 e. The molecule has 1 N–H and O–H groups in total. The van der Waals surface area contributed by atoms with E-state index in [1.165, 1.54) is 0 Å². The normalized spacial score (nSPS) is 11.4. The molecule has 0 aromatic carbocycles. The van der Waals surface area contributed by atoms with Crippen molar-refractivity contribution in [2.45, 2.75) is 46.7 Å². The van der Waals surface area contributed by atoms with Crippen LogP contribution in [0.4, 0.5) is 0 Å². The standard InChI is InChI=1S/C10H22N2O.H2/c1-8(2)12(9(3)4)7-6-11-10(5)13;/h8-9H,6-7H2,1-5H3,(H,11,13);1H. The van der Waals surface area contributed by atoms with Crippen molar-refractivity contribution in [2.75, 3.05) is 13.1 Å². The molecule has 0 unspecified atom stereocenters. The van der Waals surface area contributed by atoms with Gasteiger partial charge in [0.15, 0.2) is 0 Å². The predicted octanol–water partition coefficient (Wildman–Crippen LogP) is 1.49. The van der Waals surface area contributed by atoms with Gasteiger partial charge >= 0.3 is 0 Å². The summed E-state index contributed by atoms with van der Waals surface area (Å²) in [6.07, 6.45) is 0. The van der Waals surface area contributed by atoms with Crippen molar-refractivity contribution in [1.29, 1.82) is 0 Å². The minimum atomic E-state index is 0. The summed E-state index contributed by atoms with van der Waals surface area (Å²) < 4.78 is 0. The zero-order chi connectivity index (χ0) is 10.4. The molecule has 0 aromatic heterocycles. The maximum absolute atomic E-state index is 10.6.